The topological polar surface area (TPSA) is 107 Å². The van der Waals surface area contributed by atoms with Gasteiger partial charge in [-0.25, -0.2) is 4.98 Å². The first-order valence-electron chi connectivity index (χ1n) is 8.42. The van der Waals surface area contributed by atoms with E-state index in [9.17, 15) is 9.59 Å². The van der Waals surface area contributed by atoms with Crippen LogP contribution in [-0.2, 0) is 4.79 Å². The summed E-state index contributed by atoms with van der Waals surface area (Å²) in [7, 11) is 0. The van der Waals surface area contributed by atoms with Gasteiger partial charge in [0.15, 0.2) is 18.1 Å². The van der Waals surface area contributed by atoms with Gasteiger partial charge in [0.2, 0.25) is 0 Å². The molecule has 3 N–H and O–H groups in total. The molecular formula is C20H19N3O4. The Hall–Kier alpha value is -3.61. The van der Waals surface area contributed by atoms with E-state index >= 15 is 0 Å². The third kappa shape index (κ3) is 4.52. The second-order valence-corrected chi connectivity index (χ2v) is 5.70. The summed E-state index contributed by atoms with van der Waals surface area (Å²) >= 11 is 0. The number of aromatic nitrogens is 2. The van der Waals surface area contributed by atoms with Gasteiger partial charge in [-0.1, -0.05) is 24.3 Å². The summed E-state index contributed by atoms with van der Waals surface area (Å²) in [6, 6.07) is 12.4. The van der Waals surface area contributed by atoms with Crippen LogP contribution in [0.15, 0.2) is 47.3 Å². The van der Waals surface area contributed by atoms with Gasteiger partial charge in [0.25, 0.3) is 11.5 Å². The fourth-order valence-corrected chi connectivity index (χ4v) is 2.52. The van der Waals surface area contributed by atoms with E-state index in [2.05, 4.69) is 9.97 Å². The number of H-pyrrole nitrogens is 1. The quantitative estimate of drug-likeness (QED) is 0.668. The van der Waals surface area contributed by atoms with Gasteiger partial charge >= 0.3 is 0 Å². The Bertz CT molecular complexity index is 1060. The minimum absolute atomic E-state index is 0.189. The Kier molecular flexibility index (Phi) is 5.51. The third-order valence-electron chi connectivity index (χ3n) is 3.70. The molecule has 0 spiro atoms. The van der Waals surface area contributed by atoms with Crippen molar-refractivity contribution in [2.75, 3.05) is 13.2 Å². The highest BCUT2D eigenvalue weighted by Gasteiger charge is 2.07. The minimum Gasteiger partial charge on any atom is -0.490 e. The van der Waals surface area contributed by atoms with Crippen molar-refractivity contribution in [1.29, 1.82) is 0 Å². The predicted octanol–water partition coefficient (Wildman–Crippen LogP) is 2.36. The number of nitrogens with two attached hydrogens (primary N) is 1. The number of fused-ring (bicyclic) bond motifs is 1. The van der Waals surface area contributed by atoms with Crippen molar-refractivity contribution < 1.29 is 14.3 Å². The predicted molar refractivity (Wildman–Crippen MR) is 104 cm³/mol. The Labute approximate surface area is 155 Å². The molecule has 0 fully saturated rings. The van der Waals surface area contributed by atoms with Gasteiger partial charge in [0.05, 0.1) is 17.5 Å². The van der Waals surface area contributed by atoms with Crippen LogP contribution >= 0.6 is 0 Å². The van der Waals surface area contributed by atoms with E-state index < -0.39 is 5.91 Å². The van der Waals surface area contributed by atoms with Crippen LogP contribution in [0.25, 0.3) is 23.1 Å². The number of para-hydroxylation sites is 1. The average molecular weight is 365 g/mol. The van der Waals surface area contributed by atoms with Crippen LogP contribution < -0.4 is 20.8 Å². The number of carbonyl (C=O) groups excluding carboxylic acids is 1. The van der Waals surface area contributed by atoms with Crippen molar-refractivity contribution in [1.82, 2.24) is 9.97 Å². The van der Waals surface area contributed by atoms with Gasteiger partial charge in [0.1, 0.15) is 5.82 Å². The van der Waals surface area contributed by atoms with Crippen molar-refractivity contribution in [3.63, 3.8) is 0 Å². The van der Waals surface area contributed by atoms with Crippen LogP contribution in [0.5, 0.6) is 11.5 Å². The first-order valence-corrected chi connectivity index (χ1v) is 8.42. The maximum Gasteiger partial charge on any atom is 0.259 e. The molecule has 3 rings (SSSR count). The number of hydrogen-bond acceptors (Lipinski definition) is 5. The van der Waals surface area contributed by atoms with Crippen LogP contribution in [0.1, 0.15) is 18.3 Å². The van der Waals surface area contributed by atoms with E-state index in [0.717, 1.165) is 5.56 Å². The van der Waals surface area contributed by atoms with Crippen LogP contribution in [0.3, 0.4) is 0 Å². The van der Waals surface area contributed by atoms with E-state index in [1.54, 1.807) is 48.6 Å². The minimum atomic E-state index is -0.562. The van der Waals surface area contributed by atoms with Gasteiger partial charge in [-0.3, -0.25) is 9.59 Å². The highest BCUT2D eigenvalue weighted by atomic mass is 16.5. The highest BCUT2D eigenvalue weighted by molar-refractivity contribution is 5.79. The molecule has 1 heterocycles. The molecule has 0 aliphatic rings. The molecule has 0 aliphatic carbocycles. The number of carbonyl (C=O) groups is 1. The smallest absolute Gasteiger partial charge is 0.259 e. The number of ether oxygens (including phenoxy) is 2. The standard InChI is InChI=1S/C20H19N3O4/c1-2-26-17-11-13(7-9-16(17)27-12-18(21)24)8-10-19-22-15-6-4-3-5-14(15)20(25)23-19/h3-11H,2,12H2,1H3,(H2,21,24)(H,22,23,25)/b10-8+. The summed E-state index contributed by atoms with van der Waals surface area (Å²) in [5.41, 5.74) is 6.37. The molecule has 0 saturated heterocycles. The van der Waals surface area contributed by atoms with Gasteiger partial charge < -0.3 is 20.2 Å². The summed E-state index contributed by atoms with van der Waals surface area (Å²) in [4.78, 5) is 30.2. The first-order chi connectivity index (χ1) is 13.1. The fourth-order valence-electron chi connectivity index (χ4n) is 2.52. The van der Waals surface area contributed by atoms with Crippen molar-refractivity contribution in [3.05, 3.63) is 64.2 Å². The Morgan fingerprint density at radius 2 is 1.96 bits per heavy atom. The summed E-state index contributed by atoms with van der Waals surface area (Å²) < 4.78 is 10.9. The molecule has 0 saturated carbocycles. The fraction of sp³-hybridized carbons (Fsp3) is 0.150. The summed E-state index contributed by atoms with van der Waals surface area (Å²) in [6.45, 7) is 2.07. The number of nitrogens with one attached hydrogen (secondary N) is 1. The first kappa shape index (κ1) is 18.2. The lowest BCUT2D eigenvalue weighted by Crippen LogP contribution is -2.20. The lowest BCUT2D eigenvalue weighted by Gasteiger charge is -2.11. The van der Waals surface area contributed by atoms with Crippen molar-refractivity contribution >= 4 is 29.0 Å². The molecule has 0 radical (unpaired) electrons. The van der Waals surface area contributed by atoms with E-state index in [4.69, 9.17) is 15.2 Å². The zero-order chi connectivity index (χ0) is 19.2. The second-order valence-electron chi connectivity index (χ2n) is 5.70. The molecule has 27 heavy (non-hydrogen) atoms. The van der Waals surface area contributed by atoms with Gasteiger partial charge in [-0.05, 0) is 42.8 Å². The zero-order valence-corrected chi connectivity index (χ0v) is 14.8. The normalized spacial score (nSPS) is 11.0. The van der Waals surface area contributed by atoms with Gasteiger partial charge in [0, 0.05) is 0 Å². The number of primary amides is 1. The lowest BCUT2D eigenvalue weighted by molar-refractivity contribution is -0.119. The Morgan fingerprint density at radius 3 is 2.74 bits per heavy atom. The maximum absolute atomic E-state index is 12.1. The Morgan fingerprint density at radius 1 is 1.15 bits per heavy atom. The average Bonchev–Trinajstić information content (AvgIpc) is 2.66. The van der Waals surface area contributed by atoms with Crippen LogP contribution in [-0.4, -0.2) is 29.1 Å². The zero-order valence-electron chi connectivity index (χ0n) is 14.8. The Balaban J connectivity index is 1.87. The SMILES string of the molecule is CCOc1cc(/C=C/c2nc3ccccc3c(=O)[nH]2)ccc1OCC(N)=O. The van der Waals surface area contributed by atoms with Gasteiger partial charge in [-0.15, -0.1) is 0 Å². The molecule has 0 unspecified atom stereocenters. The summed E-state index contributed by atoms with van der Waals surface area (Å²) in [5, 5.41) is 0.546. The molecule has 7 nitrogen and oxygen atoms in total. The number of hydrogen-bond donors (Lipinski definition) is 2. The van der Waals surface area contributed by atoms with E-state index in [0.29, 0.717) is 34.8 Å². The van der Waals surface area contributed by atoms with E-state index in [1.807, 2.05) is 13.0 Å². The number of rotatable bonds is 7. The van der Waals surface area contributed by atoms with Crippen molar-refractivity contribution in [2.45, 2.75) is 6.92 Å². The lowest BCUT2D eigenvalue weighted by atomic mass is 10.2. The largest absolute Gasteiger partial charge is 0.490 e. The molecular weight excluding hydrogens is 346 g/mol. The third-order valence-corrected chi connectivity index (χ3v) is 3.70. The summed E-state index contributed by atoms with van der Waals surface area (Å²) in [5.74, 6) is 0.823. The molecule has 0 bridgehead atoms. The van der Waals surface area contributed by atoms with Crippen LogP contribution in [0.2, 0.25) is 0 Å². The molecule has 0 atom stereocenters. The number of benzene rings is 2. The molecule has 138 valence electrons. The van der Waals surface area contributed by atoms with E-state index in [-0.39, 0.29) is 12.2 Å². The second kappa shape index (κ2) is 8.18. The van der Waals surface area contributed by atoms with Crippen LogP contribution in [0.4, 0.5) is 0 Å². The monoisotopic (exact) mass is 365 g/mol. The molecule has 1 amide bonds. The van der Waals surface area contributed by atoms with Crippen molar-refractivity contribution in [3.8, 4) is 11.5 Å². The molecule has 2 aromatic carbocycles. The van der Waals surface area contributed by atoms with Crippen molar-refractivity contribution in [2.24, 2.45) is 5.73 Å². The highest BCUT2D eigenvalue weighted by Crippen LogP contribution is 2.29. The molecule has 7 heteroatoms. The number of nitrogens with zero attached hydrogens (tertiary/aromatic N) is 1. The van der Waals surface area contributed by atoms with Gasteiger partial charge in [-0.2, -0.15) is 0 Å². The number of aromatic amines is 1. The van der Waals surface area contributed by atoms with E-state index in [1.165, 1.54) is 0 Å². The number of amides is 1. The molecule has 0 aliphatic heterocycles. The molecule has 3 aromatic rings. The summed E-state index contributed by atoms with van der Waals surface area (Å²) in [6.07, 6.45) is 3.51. The molecule has 1 aromatic heterocycles. The maximum atomic E-state index is 12.1. The van der Waals surface area contributed by atoms with Crippen LogP contribution in [0, 0.1) is 0 Å².